The monoisotopic (exact) mass is 790 g/mol. The molecule has 1 aromatic heterocycles. The molecule has 306 valence electrons. The number of halogens is 1. The highest BCUT2D eigenvalue weighted by molar-refractivity contribution is 5.91. The number of hydrogen-bond donors (Lipinski definition) is 5. The molecule has 6 unspecified atom stereocenters. The Hall–Kier alpha value is -5.50. The number of ether oxygens (including phenoxy) is 1. The smallest absolute Gasteiger partial charge is 0.407 e. The number of anilines is 2. The molecule has 3 heterocycles. The number of H-pyrrole nitrogens is 1. The average Bonchev–Trinajstić information content (AvgIpc) is 4.02. The lowest BCUT2D eigenvalue weighted by molar-refractivity contribution is -0.136. The standard InChI is InChI=1S/C45H55FN8O4/c1-27(2)39(51-45(57)58-5)43(55)53-21-9-13-37(53)41(46)49-35-25-32(19-20-34(35)47)30-15-16-31-24-33(18-17-29(31)23-30)36-26-48-42(50-36)38-14-10-22-54(38)44(56)40(52(3)4)28-11-7-6-8-12-28/h6-8,11-12,15-20,23-27,37-41,44,49,56H,9-10,13-14,21-22,47H2,1-5H3,(H,48,50)(H,51,57). The Morgan fingerprint density at radius 2 is 1.62 bits per heavy atom. The van der Waals surface area contributed by atoms with Gasteiger partial charge in [-0.25, -0.2) is 14.2 Å². The summed E-state index contributed by atoms with van der Waals surface area (Å²) < 4.78 is 20.8. The second kappa shape index (κ2) is 17.6. The maximum Gasteiger partial charge on any atom is 0.407 e. The summed E-state index contributed by atoms with van der Waals surface area (Å²) in [5, 5.41) is 19.4. The number of imidazole rings is 1. The van der Waals surface area contributed by atoms with Crippen molar-refractivity contribution in [2.24, 2.45) is 5.92 Å². The van der Waals surface area contributed by atoms with Crippen LogP contribution < -0.4 is 16.4 Å². The van der Waals surface area contributed by atoms with Crippen molar-refractivity contribution < 1.29 is 23.8 Å². The van der Waals surface area contributed by atoms with E-state index in [-0.39, 0.29) is 23.9 Å². The molecule has 6 atom stereocenters. The molecule has 2 amide bonds. The van der Waals surface area contributed by atoms with E-state index >= 15 is 4.39 Å². The molecule has 0 saturated carbocycles. The normalized spacial score (nSPS) is 19.4. The first-order valence-electron chi connectivity index (χ1n) is 20.1. The van der Waals surface area contributed by atoms with Crippen molar-refractivity contribution in [3.8, 4) is 22.4 Å². The van der Waals surface area contributed by atoms with Crippen molar-refractivity contribution in [2.45, 2.75) is 76.2 Å². The van der Waals surface area contributed by atoms with Gasteiger partial charge in [0, 0.05) is 18.7 Å². The Morgan fingerprint density at radius 1 is 0.948 bits per heavy atom. The fourth-order valence-electron chi connectivity index (χ4n) is 8.57. The largest absolute Gasteiger partial charge is 0.453 e. The molecule has 2 aliphatic rings. The number of nitrogens with one attached hydrogen (secondary N) is 3. The van der Waals surface area contributed by atoms with Gasteiger partial charge in [-0.05, 0) is 97.4 Å². The number of methoxy groups -OCH3 is 1. The Balaban J connectivity index is 1.05. The summed E-state index contributed by atoms with van der Waals surface area (Å²) in [6.07, 6.45) is 1.88. The van der Waals surface area contributed by atoms with Crippen molar-refractivity contribution in [1.82, 2.24) is 30.0 Å². The zero-order valence-electron chi connectivity index (χ0n) is 33.9. The second-order valence-corrected chi connectivity index (χ2v) is 16.0. The minimum Gasteiger partial charge on any atom is -0.453 e. The summed E-state index contributed by atoms with van der Waals surface area (Å²) >= 11 is 0. The zero-order chi connectivity index (χ0) is 41.1. The highest BCUT2D eigenvalue weighted by Crippen LogP contribution is 2.38. The van der Waals surface area contributed by atoms with Gasteiger partial charge in [0.15, 0.2) is 6.30 Å². The Labute approximate surface area is 339 Å². The van der Waals surface area contributed by atoms with Crippen LogP contribution in [0.15, 0.2) is 91.1 Å². The van der Waals surface area contributed by atoms with Gasteiger partial charge in [-0.2, -0.15) is 0 Å². The van der Waals surface area contributed by atoms with Crippen LogP contribution in [0.1, 0.15) is 63.0 Å². The van der Waals surface area contributed by atoms with E-state index in [1.807, 2.05) is 70.5 Å². The summed E-state index contributed by atoms with van der Waals surface area (Å²) in [5.41, 5.74) is 12.0. The van der Waals surface area contributed by atoms with Crippen LogP contribution in [0.3, 0.4) is 0 Å². The van der Waals surface area contributed by atoms with Crippen LogP contribution >= 0.6 is 0 Å². The summed E-state index contributed by atoms with van der Waals surface area (Å²) in [5.74, 6) is 0.294. The first kappa shape index (κ1) is 40.7. The van der Waals surface area contributed by atoms with E-state index in [1.165, 1.54) is 12.0 Å². The van der Waals surface area contributed by atoms with Crippen molar-refractivity contribution in [3.63, 3.8) is 0 Å². The molecule has 0 radical (unpaired) electrons. The van der Waals surface area contributed by atoms with E-state index < -0.39 is 30.7 Å². The van der Waals surface area contributed by atoms with Crippen LogP contribution in [0.2, 0.25) is 0 Å². The number of likely N-dealkylation sites (tertiary alicyclic amines) is 2. The molecule has 2 fully saturated rings. The molecule has 6 N–H and O–H groups in total. The predicted molar refractivity (Wildman–Crippen MR) is 226 cm³/mol. The Morgan fingerprint density at radius 3 is 2.33 bits per heavy atom. The number of fused-ring (bicyclic) bond motifs is 1. The lowest BCUT2D eigenvalue weighted by Gasteiger charge is -2.37. The van der Waals surface area contributed by atoms with Crippen LogP contribution in [0.25, 0.3) is 33.2 Å². The van der Waals surface area contributed by atoms with Crippen LogP contribution in [0.5, 0.6) is 0 Å². The molecule has 12 nitrogen and oxygen atoms in total. The van der Waals surface area contributed by atoms with Gasteiger partial charge in [-0.1, -0.05) is 74.5 Å². The molecule has 13 heteroatoms. The number of likely N-dealkylation sites (N-methyl/N-ethyl adjacent to an activating group) is 1. The summed E-state index contributed by atoms with van der Waals surface area (Å²) in [7, 11) is 5.24. The molecule has 0 spiro atoms. The van der Waals surface area contributed by atoms with Gasteiger partial charge in [0.25, 0.3) is 0 Å². The molecule has 5 aromatic rings. The topological polar surface area (TPSA) is 152 Å². The first-order valence-corrected chi connectivity index (χ1v) is 20.1. The quantitative estimate of drug-likeness (QED) is 0.0611. The maximum absolute atomic E-state index is 16.1. The number of aromatic nitrogens is 2. The minimum atomic E-state index is -1.58. The molecular formula is C45H55FN8O4. The predicted octanol–water partition coefficient (Wildman–Crippen LogP) is 7.32. The number of aromatic amines is 1. The lowest BCUT2D eigenvalue weighted by atomic mass is 9.98. The minimum absolute atomic E-state index is 0.0305. The third-order valence-corrected chi connectivity index (χ3v) is 11.7. The molecule has 2 aliphatic heterocycles. The summed E-state index contributed by atoms with van der Waals surface area (Å²) in [4.78, 5) is 39.6. The number of nitrogens with two attached hydrogens (primary N) is 1. The molecule has 7 rings (SSSR count). The fourth-order valence-corrected chi connectivity index (χ4v) is 8.57. The molecular weight excluding hydrogens is 736 g/mol. The first-order chi connectivity index (χ1) is 27.9. The molecule has 2 saturated heterocycles. The van der Waals surface area contributed by atoms with Gasteiger partial charge in [-0.15, -0.1) is 0 Å². The number of nitrogen functional groups attached to an aromatic ring is 1. The van der Waals surface area contributed by atoms with Crippen molar-refractivity contribution in [2.75, 3.05) is 45.3 Å². The van der Waals surface area contributed by atoms with Gasteiger partial charge in [0.1, 0.15) is 18.1 Å². The number of hydrogen-bond acceptors (Lipinski definition) is 9. The Kier molecular flexibility index (Phi) is 12.3. The van der Waals surface area contributed by atoms with E-state index in [2.05, 4.69) is 67.9 Å². The third-order valence-electron chi connectivity index (χ3n) is 11.7. The van der Waals surface area contributed by atoms with E-state index in [0.717, 1.165) is 63.9 Å². The maximum atomic E-state index is 16.1. The number of amides is 2. The van der Waals surface area contributed by atoms with Gasteiger partial charge in [0.2, 0.25) is 5.91 Å². The SMILES string of the molecule is COC(=O)NC(C(=O)N1CCCC1C(F)Nc1cc(-c2ccc3cc(-c4cnc(C5CCCN5C(O)C(c5ccccc5)N(C)C)[nH]4)ccc3c2)ccc1N)C(C)C. The van der Waals surface area contributed by atoms with Crippen molar-refractivity contribution >= 4 is 34.1 Å². The highest BCUT2D eigenvalue weighted by atomic mass is 19.1. The van der Waals surface area contributed by atoms with Crippen LogP contribution in [0, 0.1) is 5.92 Å². The molecule has 58 heavy (non-hydrogen) atoms. The Bertz CT molecular complexity index is 2210. The number of carbonyl (C=O) groups is 2. The number of rotatable bonds is 13. The van der Waals surface area contributed by atoms with Crippen LogP contribution in [-0.4, -0.2) is 101 Å². The molecule has 0 aliphatic carbocycles. The van der Waals surface area contributed by atoms with E-state index in [1.54, 1.807) is 6.07 Å². The van der Waals surface area contributed by atoms with Crippen LogP contribution in [-0.2, 0) is 9.53 Å². The van der Waals surface area contributed by atoms with Crippen LogP contribution in [0.4, 0.5) is 20.6 Å². The zero-order valence-corrected chi connectivity index (χ0v) is 33.9. The lowest BCUT2D eigenvalue weighted by Crippen LogP contribution is -2.54. The highest BCUT2D eigenvalue weighted by Gasteiger charge is 2.40. The number of aliphatic hydroxyl groups is 1. The summed E-state index contributed by atoms with van der Waals surface area (Å²) in [6, 6.07) is 26.4. The molecule has 4 aromatic carbocycles. The number of aliphatic hydroxyl groups excluding tert-OH is 1. The average molecular weight is 791 g/mol. The van der Waals surface area contributed by atoms with E-state index in [4.69, 9.17) is 15.5 Å². The van der Waals surface area contributed by atoms with Gasteiger partial charge in [-0.3, -0.25) is 14.6 Å². The number of carbonyl (C=O) groups excluding carboxylic acids is 2. The second-order valence-electron chi connectivity index (χ2n) is 16.0. The van der Waals surface area contributed by atoms with Crippen molar-refractivity contribution in [3.05, 3.63) is 103 Å². The van der Waals surface area contributed by atoms with E-state index in [9.17, 15) is 14.7 Å². The van der Waals surface area contributed by atoms with Gasteiger partial charge in [0.05, 0.1) is 48.5 Å². The number of alkyl carbamates (subject to hydrolysis) is 1. The van der Waals surface area contributed by atoms with Gasteiger partial charge >= 0.3 is 6.09 Å². The number of benzene rings is 4. The summed E-state index contributed by atoms with van der Waals surface area (Å²) in [6.45, 7) is 4.83. The number of alkyl halides is 1. The van der Waals surface area contributed by atoms with Crippen molar-refractivity contribution in [1.29, 1.82) is 0 Å². The van der Waals surface area contributed by atoms with E-state index in [0.29, 0.717) is 30.8 Å². The van der Waals surface area contributed by atoms with Gasteiger partial charge < -0.3 is 36.1 Å². The third kappa shape index (κ3) is 8.52. The molecule has 0 bridgehead atoms. The number of nitrogens with zero attached hydrogens (tertiary/aromatic N) is 4. The fraction of sp³-hybridized carbons (Fsp3) is 0.400.